The van der Waals surface area contributed by atoms with Gasteiger partial charge in [-0.25, -0.2) is 9.97 Å². The van der Waals surface area contributed by atoms with Crippen LogP contribution < -0.4 is 16.0 Å². The van der Waals surface area contributed by atoms with E-state index in [9.17, 15) is 4.79 Å². The maximum Gasteiger partial charge on any atom is 0.239 e. The summed E-state index contributed by atoms with van der Waals surface area (Å²) < 4.78 is 0.705. The van der Waals surface area contributed by atoms with Crippen LogP contribution in [0.25, 0.3) is 0 Å². The molecule has 1 aromatic heterocycles. The number of aromatic nitrogens is 2. The average Bonchev–Trinajstić information content (AvgIpc) is 2.25. The quantitative estimate of drug-likeness (QED) is 0.786. The van der Waals surface area contributed by atoms with Crippen LogP contribution in [0.1, 0.15) is 20.8 Å². The normalized spacial score (nSPS) is 10.9. The minimum absolute atomic E-state index is 0.0842. The van der Waals surface area contributed by atoms with Gasteiger partial charge in [-0.3, -0.25) is 4.79 Å². The van der Waals surface area contributed by atoms with E-state index in [4.69, 9.17) is 0 Å². The Morgan fingerprint density at radius 2 is 1.94 bits per heavy atom. The lowest BCUT2D eigenvalue weighted by molar-refractivity contribution is -0.120. The molecular formula is C11H18BrN5O. The Hall–Kier alpha value is -1.37. The van der Waals surface area contributed by atoms with E-state index in [0.717, 1.165) is 0 Å². The number of amides is 1. The molecule has 100 valence electrons. The minimum Gasteiger partial charge on any atom is -0.372 e. The van der Waals surface area contributed by atoms with Crippen LogP contribution >= 0.6 is 15.9 Å². The van der Waals surface area contributed by atoms with E-state index >= 15 is 0 Å². The Morgan fingerprint density at radius 3 is 2.50 bits per heavy atom. The average molecular weight is 316 g/mol. The smallest absolute Gasteiger partial charge is 0.239 e. The zero-order valence-electron chi connectivity index (χ0n) is 11.0. The lowest BCUT2D eigenvalue weighted by Crippen LogP contribution is -2.43. The molecule has 1 aromatic rings. The summed E-state index contributed by atoms with van der Waals surface area (Å²) in [6.45, 7) is 5.97. The SMILES string of the molecule is CNc1ncnc(NCC(=O)NC(C)(C)C)c1Br. The first-order chi connectivity index (χ1) is 8.33. The second-order valence-corrected chi connectivity index (χ2v) is 5.58. The van der Waals surface area contributed by atoms with E-state index in [1.807, 2.05) is 20.8 Å². The molecule has 1 heterocycles. The van der Waals surface area contributed by atoms with Crippen LogP contribution in [-0.4, -0.2) is 35.0 Å². The Bertz CT molecular complexity index is 430. The zero-order chi connectivity index (χ0) is 13.8. The molecule has 0 bridgehead atoms. The van der Waals surface area contributed by atoms with E-state index in [1.54, 1.807) is 7.05 Å². The Labute approximate surface area is 115 Å². The third-order valence-electron chi connectivity index (χ3n) is 1.96. The van der Waals surface area contributed by atoms with Crippen molar-refractivity contribution in [3.05, 3.63) is 10.8 Å². The molecule has 6 nitrogen and oxygen atoms in total. The molecule has 0 radical (unpaired) electrons. The van der Waals surface area contributed by atoms with Crippen molar-refractivity contribution in [3.8, 4) is 0 Å². The summed E-state index contributed by atoms with van der Waals surface area (Å²) in [6, 6.07) is 0. The predicted octanol–water partition coefficient (Wildman–Crippen LogP) is 1.61. The largest absolute Gasteiger partial charge is 0.372 e. The molecule has 3 N–H and O–H groups in total. The first kappa shape index (κ1) is 14.7. The molecule has 0 saturated heterocycles. The molecule has 0 unspecified atom stereocenters. The van der Waals surface area contributed by atoms with Crippen LogP contribution in [-0.2, 0) is 4.79 Å². The van der Waals surface area contributed by atoms with Crippen LogP contribution in [0.2, 0.25) is 0 Å². The van der Waals surface area contributed by atoms with Crippen LogP contribution in [0.15, 0.2) is 10.8 Å². The number of hydrogen-bond acceptors (Lipinski definition) is 5. The molecule has 0 aliphatic heterocycles. The summed E-state index contributed by atoms with van der Waals surface area (Å²) in [5.41, 5.74) is -0.238. The summed E-state index contributed by atoms with van der Waals surface area (Å²) >= 11 is 3.37. The van der Waals surface area contributed by atoms with Crippen molar-refractivity contribution in [2.45, 2.75) is 26.3 Å². The number of nitrogens with zero attached hydrogens (tertiary/aromatic N) is 2. The van der Waals surface area contributed by atoms with E-state index in [0.29, 0.717) is 16.1 Å². The number of carbonyl (C=O) groups excluding carboxylic acids is 1. The Balaban J connectivity index is 2.61. The van der Waals surface area contributed by atoms with E-state index in [1.165, 1.54) is 6.33 Å². The summed E-state index contributed by atoms with van der Waals surface area (Å²) in [5.74, 6) is 1.17. The number of hydrogen-bond donors (Lipinski definition) is 3. The fourth-order valence-corrected chi connectivity index (χ4v) is 1.84. The molecule has 18 heavy (non-hydrogen) atoms. The molecule has 0 atom stereocenters. The lowest BCUT2D eigenvalue weighted by Gasteiger charge is -2.20. The first-order valence-electron chi connectivity index (χ1n) is 5.56. The standard InChI is InChI=1S/C11H18BrN5O/c1-11(2,3)17-7(18)5-14-10-8(12)9(13-4)15-6-16-10/h6H,5H2,1-4H3,(H,17,18)(H2,13,14,15,16). The predicted molar refractivity (Wildman–Crippen MR) is 75.7 cm³/mol. The number of nitrogens with one attached hydrogen (secondary N) is 3. The fraction of sp³-hybridized carbons (Fsp3) is 0.545. The molecule has 0 aromatic carbocycles. The van der Waals surface area contributed by atoms with Gasteiger partial charge in [-0.05, 0) is 36.7 Å². The van der Waals surface area contributed by atoms with Gasteiger partial charge in [0.05, 0.1) is 6.54 Å². The monoisotopic (exact) mass is 315 g/mol. The lowest BCUT2D eigenvalue weighted by atomic mass is 10.1. The number of carbonyl (C=O) groups is 1. The summed E-state index contributed by atoms with van der Waals surface area (Å²) in [4.78, 5) is 19.8. The van der Waals surface area contributed by atoms with Crippen molar-refractivity contribution >= 4 is 33.5 Å². The molecule has 0 spiro atoms. The van der Waals surface area contributed by atoms with Gasteiger partial charge in [0.15, 0.2) is 0 Å². The highest BCUT2D eigenvalue weighted by Gasteiger charge is 2.14. The number of anilines is 2. The van der Waals surface area contributed by atoms with Gasteiger partial charge in [0, 0.05) is 12.6 Å². The minimum atomic E-state index is -0.238. The second kappa shape index (κ2) is 5.99. The van der Waals surface area contributed by atoms with E-state index < -0.39 is 0 Å². The number of halogens is 1. The molecule has 1 rings (SSSR count). The molecule has 1 amide bonds. The highest BCUT2D eigenvalue weighted by atomic mass is 79.9. The van der Waals surface area contributed by atoms with Crippen LogP contribution in [0.4, 0.5) is 11.6 Å². The van der Waals surface area contributed by atoms with Crippen molar-refractivity contribution < 1.29 is 4.79 Å². The van der Waals surface area contributed by atoms with Crippen molar-refractivity contribution in [3.63, 3.8) is 0 Å². The third kappa shape index (κ3) is 4.48. The van der Waals surface area contributed by atoms with Crippen LogP contribution in [0.5, 0.6) is 0 Å². The van der Waals surface area contributed by atoms with Crippen LogP contribution in [0, 0.1) is 0 Å². The van der Waals surface area contributed by atoms with Gasteiger partial charge < -0.3 is 16.0 Å². The second-order valence-electron chi connectivity index (χ2n) is 4.79. The molecule has 0 aliphatic rings. The Morgan fingerprint density at radius 1 is 1.33 bits per heavy atom. The summed E-state index contributed by atoms with van der Waals surface area (Å²) in [6.07, 6.45) is 1.43. The van der Waals surface area contributed by atoms with E-state index in [2.05, 4.69) is 41.8 Å². The van der Waals surface area contributed by atoms with Gasteiger partial charge in [-0.2, -0.15) is 0 Å². The van der Waals surface area contributed by atoms with Crippen molar-refractivity contribution in [2.24, 2.45) is 0 Å². The summed E-state index contributed by atoms with van der Waals surface area (Å²) in [7, 11) is 1.77. The van der Waals surface area contributed by atoms with Gasteiger partial charge >= 0.3 is 0 Å². The molecule has 0 fully saturated rings. The van der Waals surface area contributed by atoms with Gasteiger partial charge in [-0.15, -0.1) is 0 Å². The van der Waals surface area contributed by atoms with E-state index in [-0.39, 0.29) is 18.0 Å². The topological polar surface area (TPSA) is 78.9 Å². The number of rotatable bonds is 4. The van der Waals surface area contributed by atoms with Crippen LogP contribution in [0.3, 0.4) is 0 Å². The molecular weight excluding hydrogens is 298 g/mol. The fourth-order valence-electron chi connectivity index (χ4n) is 1.29. The highest BCUT2D eigenvalue weighted by molar-refractivity contribution is 9.10. The molecule has 7 heteroatoms. The maximum atomic E-state index is 11.6. The highest BCUT2D eigenvalue weighted by Crippen LogP contribution is 2.25. The van der Waals surface area contributed by atoms with Gasteiger partial charge in [0.25, 0.3) is 0 Å². The molecule has 0 saturated carbocycles. The van der Waals surface area contributed by atoms with Crippen molar-refractivity contribution in [2.75, 3.05) is 24.2 Å². The van der Waals surface area contributed by atoms with Gasteiger partial charge in [0.1, 0.15) is 22.4 Å². The Kier molecular flexibility index (Phi) is 4.89. The maximum absolute atomic E-state index is 11.6. The van der Waals surface area contributed by atoms with Crippen molar-refractivity contribution in [1.29, 1.82) is 0 Å². The third-order valence-corrected chi connectivity index (χ3v) is 2.71. The first-order valence-corrected chi connectivity index (χ1v) is 6.36. The van der Waals surface area contributed by atoms with Gasteiger partial charge in [0.2, 0.25) is 5.91 Å². The molecule has 0 aliphatic carbocycles. The summed E-state index contributed by atoms with van der Waals surface area (Å²) in [5, 5.41) is 8.74. The zero-order valence-corrected chi connectivity index (χ0v) is 12.6. The van der Waals surface area contributed by atoms with Gasteiger partial charge in [-0.1, -0.05) is 0 Å². The van der Waals surface area contributed by atoms with Crippen molar-refractivity contribution in [1.82, 2.24) is 15.3 Å².